The van der Waals surface area contributed by atoms with E-state index in [9.17, 15) is 0 Å². The molecule has 0 fully saturated rings. The lowest BCUT2D eigenvalue weighted by molar-refractivity contribution is 0.407. The SMILES string of the molecule is CCNC(CC(C)CC)c1cc(C)c(C)cc1C. The molecule has 1 nitrogen and oxygen atoms in total. The molecule has 0 amide bonds. The molecule has 0 heterocycles. The van der Waals surface area contributed by atoms with E-state index in [1.54, 1.807) is 0 Å². The predicted molar refractivity (Wildman–Crippen MR) is 81.1 cm³/mol. The molecule has 18 heavy (non-hydrogen) atoms. The van der Waals surface area contributed by atoms with E-state index in [2.05, 4.69) is 59.0 Å². The summed E-state index contributed by atoms with van der Waals surface area (Å²) < 4.78 is 0. The number of aryl methyl sites for hydroxylation is 3. The van der Waals surface area contributed by atoms with Gasteiger partial charge in [0.1, 0.15) is 0 Å². The Bertz CT molecular complexity index is 381. The largest absolute Gasteiger partial charge is 0.310 e. The lowest BCUT2D eigenvalue weighted by atomic mass is 9.89. The minimum absolute atomic E-state index is 0.504. The molecular weight excluding hydrogens is 218 g/mol. The predicted octanol–water partition coefficient (Wildman–Crippen LogP) is 4.70. The topological polar surface area (TPSA) is 12.0 Å². The Hall–Kier alpha value is -0.820. The quantitative estimate of drug-likeness (QED) is 0.768. The first-order valence-electron chi connectivity index (χ1n) is 7.30. The molecule has 2 atom stereocenters. The van der Waals surface area contributed by atoms with E-state index in [0.29, 0.717) is 6.04 Å². The maximum Gasteiger partial charge on any atom is 0.0325 e. The monoisotopic (exact) mass is 247 g/mol. The number of hydrogen-bond acceptors (Lipinski definition) is 1. The summed E-state index contributed by atoms with van der Waals surface area (Å²) >= 11 is 0. The van der Waals surface area contributed by atoms with Gasteiger partial charge in [0.25, 0.3) is 0 Å². The molecule has 0 bridgehead atoms. The lowest BCUT2D eigenvalue weighted by Crippen LogP contribution is -2.23. The van der Waals surface area contributed by atoms with Crippen LogP contribution < -0.4 is 5.32 Å². The number of benzene rings is 1. The summed E-state index contributed by atoms with van der Waals surface area (Å²) in [6.45, 7) is 14.5. The van der Waals surface area contributed by atoms with Crippen molar-refractivity contribution in [1.29, 1.82) is 0 Å². The zero-order valence-corrected chi connectivity index (χ0v) is 12.9. The first-order chi connectivity index (χ1) is 8.49. The standard InChI is InChI=1S/C17H29N/c1-7-12(3)9-17(18-8-2)16-11-14(5)13(4)10-15(16)6/h10-12,17-18H,7-9H2,1-6H3. The van der Waals surface area contributed by atoms with Gasteiger partial charge < -0.3 is 5.32 Å². The maximum atomic E-state index is 3.65. The highest BCUT2D eigenvalue weighted by atomic mass is 14.9. The summed E-state index contributed by atoms with van der Waals surface area (Å²) in [6.07, 6.45) is 2.49. The van der Waals surface area contributed by atoms with E-state index < -0.39 is 0 Å². The summed E-state index contributed by atoms with van der Waals surface area (Å²) in [7, 11) is 0. The average molecular weight is 247 g/mol. The van der Waals surface area contributed by atoms with Crippen LogP contribution in [-0.2, 0) is 0 Å². The van der Waals surface area contributed by atoms with Gasteiger partial charge in [-0.1, -0.05) is 39.3 Å². The van der Waals surface area contributed by atoms with Crippen molar-refractivity contribution < 1.29 is 0 Å². The molecule has 1 rings (SSSR count). The van der Waals surface area contributed by atoms with Gasteiger partial charge in [-0.25, -0.2) is 0 Å². The van der Waals surface area contributed by atoms with Crippen LogP contribution >= 0.6 is 0 Å². The third-order valence-corrected chi connectivity index (χ3v) is 4.04. The van der Waals surface area contributed by atoms with Crippen LogP contribution in [0.1, 0.15) is 61.9 Å². The fourth-order valence-corrected chi connectivity index (χ4v) is 2.49. The zero-order chi connectivity index (χ0) is 13.7. The fraction of sp³-hybridized carbons (Fsp3) is 0.647. The van der Waals surface area contributed by atoms with E-state index in [4.69, 9.17) is 0 Å². The highest BCUT2D eigenvalue weighted by Crippen LogP contribution is 2.27. The van der Waals surface area contributed by atoms with E-state index in [1.807, 2.05) is 0 Å². The van der Waals surface area contributed by atoms with Crippen molar-refractivity contribution in [3.63, 3.8) is 0 Å². The van der Waals surface area contributed by atoms with Gasteiger partial charge in [-0.3, -0.25) is 0 Å². The highest BCUT2D eigenvalue weighted by Gasteiger charge is 2.16. The average Bonchev–Trinajstić information content (AvgIpc) is 2.33. The minimum Gasteiger partial charge on any atom is -0.310 e. The van der Waals surface area contributed by atoms with Gasteiger partial charge in [-0.05, 0) is 61.9 Å². The van der Waals surface area contributed by atoms with Gasteiger partial charge in [0.05, 0.1) is 0 Å². The van der Waals surface area contributed by atoms with Gasteiger partial charge >= 0.3 is 0 Å². The Morgan fingerprint density at radius 2 is 1.61 bits per heavy atom. The van der Waals surface area contributed by atoms with Crippen LogP contribution in [0.15, 0.2) is 12.1 Å². The molecule has 0 saturated carbocycles. The summed E-state index contributed by atoms with van der Waals surface area (Å²) in [6, 6.07) is 5.20. The van der Waals surface area contributed by atoms with Crippen LogP contribution in [0.5, 0.6) is 0 Å². The molecule has 0 aliphatic carbocycles. The number of nitrogens with one attached hydrogen (secondary N) is 1. The van der Waals surface area contributed by atoms with Crippen LogP contribution in [0, 0.1) is 26.7 Å². The van der Waals surface area contributed by atoms with Gasteiger partial charge in [-0.2, -0.15) is 0 Å². The minimum atomic E-state index is 0.504. The Kier molecular flexibility index (Phi) is 5.87. The summed E-state index contributed by atoms with van der Waals surface area (Å²) in [5.74, 6) is 0.773. The second kappa shape index (κ2) is 6.94. The molecule has 0 spiro atoms. The second-order valence-electron chi connectivity index (χ2n) is 5.65. The smallest absolute Gasteiger partial charge is 0.0325 e. The van der Waals surface area contributed by atoms with Crippen molar-refractivity contribution in [2.75, 3.05) is 6.54 Å². The van der Waals surface area contributed by atoms with E-state index in [0.717, 1.165) is 12.5 Å². The third kappa shape index (κ3) is 3.84. The van der Waals surface area contributed by atoms with Crippen molar-refractivity contribution in [3.8, 4) is 0 Å². The first kappa shape index (κ1) is 15.2. The number of hydrogen-bond donors (Lipinski definition) is 1. The van der Waals surface area contributed by atoms with Crippen LogP contribution in [0.3, 0.4) is 0 Å². The molecule has 1 aromatic carbocycles. The molecule has 0 aliphatic rings. The Balaban J connectivity index is 3.01. The second-order valence-corrected chi connectivity index (χ2v) is 5.65. The first-order valence-corrected chi connectivity index (χ1v) is 7.30. The molecular formula is C17H29N. The van der Waals surface area contributed by atoms with Crippen molar-refractivity contribution >= 4 is 0 Å². The molecule has 102 valence electrons. The summed E-state index contributed by atoms with van der Waals surface area (Å²) in [5.41, 5.74) is 5.71. The van der Waals surface area contributed by atoms with Gasteiger partial charge in [0.15, 0.2) is 0 Å². The maximum absolute atomic E-state index is 3.65. The Labute approximate surface area is 113 Å². The van der Waals surface area contributed by atoms with Crippen molar-refractivity contribution in [1.82, 2.24) is 5.32 Å². The van der Waals surface area contributed by atoms with E-state index in [1.165, 1.54) is 35.1 Å². The normalized spacial score (nSPS) is 14.6. The molecule has 0 aromatic heterocycles. The van der Waals surface area contributed by atoms with Gasteiger partial charge in [-0.15, -0.1) is 0 Å². The van der Waals surface area contributed by atoms with Crippen molar-refractivity contribution in [2.45, 2.75) is 60.4 Å². The van der Waals surface area contributed by atoms with Crippen LogP contribution in [0.25, 0.3) is 0 Å². The summed E-state index contributed by atoms with van der Waals surface area (Å²) in [5, 5.41) is 3.65. The third-order valence-electron chi connectivity index (χ3n) is 4.04. The Morgan fingerprint density at radius 3 is 2.17 bits per heavy atom. The molecule has 2 unspecified atom stereocenters. The van der Waals surface area contributed by atoms with E-state index >= 15 is 0 Å². The highest BCUT2D eigenvalue weighted by molar-refractivity contribution is 5.38. The lowest BCUT2D eigenvalue weighted by Gasteiger charge is -2.24. The van der Waals surface area contributed by atoms with Crippen molar-refractivity contribution in [3.05, 3.63) is 34.4 Å². The zero-order valence-electron chi connectivity index (χ0n) is 12.9. The van der Waals surface area contributed by atoms with E-state index in [-0.39, 0.29) is 0 Å². The number of rotatable bonds is 6. The van der Waals surface area contributed by atoms with Crippen molar-refractivity contribution in [2.24, 2.45) is 5.92 Å². The molecule has 1 N–H and O–H groups in total. The molecule has 0 aliphatic heterocycles. The molecule has 0 saturated heterocycles. The summed E-state index contributed by atoms with van der Waals surface area (Å²) in [4.78, 5) is 0. The molecule has 1 aromatic rings. The fourth-order valence-electron chi connectivity index (χ4n) is 2.49. The Morgan fingerprint density at radius 1 is 1.00 bits per heavy atom. The van der Waals surface area contributed by atoms with Crippen LogP contribution in [-0.4, -0.2) is 6.54 Å². The van der Waals surface area contributed by atoms with Gasteiger partial charge in [0, 0.05) is 6.04 Å². The molecule has 0 radical (unpaired) electrons. The van der Waals surface area contributed by atoms with Crippen LogP contribution in [0.4, 0.5) is 0 Å². The van der Waals surface area contributed by atoms with Gasteiger partial charge in [0.2, 0.25) is 0 Å². The van der Waals surface area contributed by atoms with Crippen LogP contribution in [0.2, 0.25) is 0 Å². The molecule has 1 heteroatoms.